The number of allylic oxidation sites excluding steroid dienone is 1. The van der Waals surface area contributed by atoms with E-state index in [0.29, 0.717) is 30.1 Å². The van der Waals surface area contributed by atoms with E-state index in [1.165, 1.54) is 0 Å². The lowest BCUT2D eigenvalue weighted by Crippen LogP contribution is -2.68. The third kappa shape index (κ3) is 2.76. The van der Waals surface area contributed by atoms with Crippen LogP contribution in [-0.2, 0) is 4.79 Å². The smallest absolute Gasteiger partial charge is 0.309 e. The number of hydrogen-bond acceptors (Lipinski definition) is 2. The number of aliphatic hydroxyl groups excluding tert-OH is 1. The topological polar surface area (TPSA) is 57.5 Å². The first-order chi connectivity index (χ1) is 15.7. The van der Waals surface area contributed by atoms with E-state index in [4.69, 9.17) is 0 Å². The molecule has 192 valence electrons. The standard InChI is InChI=1S/C30H47FO3/c1-17(2)18-10-13-30(25(33)34)15-14-28(6)19(23(18)30)8-9-22-27(5)16-20(31)24(32)26(3,4)21(27)11-12-29(22,28)7/h18-24,32H,1,8-16H2,2-7H3,(H,33,34)/t18-,19+,20?,21-,22+,23+,24-,27-,28+,29+,30-/m0/s1. The van der Waals surface area contributed by atoms with Crippen molar-refractivity contribution in [2.75, 3.05) is 0 Å². The predicted octanol–water partition coefficient (Wildman–Crippen LogP) is 7.04. The fourth-order valence-corrected chi connectivity index (χ4v) is 11.6. The van der Waals surface area contributed by atoms with E-state index < -0.39 is 29.1 Å². The van der Waals surface area contributed by atoms with Crippen molar-refractivity contribution >= 4 is 5.97 Å². The van der Waals surface area contributed by atoms with E-state index in [0.717, 1.165) is 56.9 Å². The van der Waals surface area contributed by atoms with Crippen LogP contribution in [0.3, 0.4) is 0 Å². The van der Waals surface area contributed by atoms with Gasteiger partial charge in [-0.3, -0.25) is 4.79 Å². The summed E-state index contributed by atoms with van der Waals surface area (Å²) in [5.74, 6) is 0.985. The number of aliphatic hydroxyl groups is 1. The zero-order valence-electron chi connectivity index (χ0n) is 22.3. The minimum atomic E-state index is -1.17. The molecule has 0 aromatic heterocycles. The Balaban J connectivity index is 1.57. The highest BCUT2D eigenvalue weighted by atomic mass is 19.1. The number of hydrogen-bond donors (Lipinski definition) is 2. The Morgan fingerprint density at radius 2 is 1.59 bits per heavy atom. The summed E-state index contributed by atoms with van der Waals surface area (Å²) in [6, 6.07) is 0. The lowest BCUT2D eigenvalue weighted by atomic mass is 9.32. The number of carbonyl (C=O) groups is 1. The molecule has 0 aliphatic heterocycles. The molecule has 0 amide bonds. The molecule has 0 saturated heterocycles. The molecule has 5 aliphatic rings. The van der Waals surface area contributed by atoms with E-state index in [1.807, 2.05) is 0 Å². The van der Waals surface area contributed by atoms with Crippen LogP contribution in [0.15, 0.2) is 12.2 Å². The van der Waals surface area contributed by atoms with Gasteiger partial charge in [0, 0.05) is 0 Å². The van der Waals surface area contributed by atoms with Gasteiger partial charge in [-0.15, -0.1) is 0 Å². The largest absolute Gasteiger partial charge is 0.481 e. The first-order valence-electron chi connectivity index (χ1n) is 13.9. The van der Waals surface area contributed by atoms with Crippen LogP contribution in [0.25, 0.3) is 0 Å². The number of alkyl halides is 1. The third-order valence-corrected chi connectivity index (χ3v) is 13.4. The van der Waals surface area contributed by atoms with Crippen LogP contribution in [0.1, 0.15) is 99.3 Å². The molecule has 0 radical (unpaired) electrons. The van der Waals surface area contributed by atoms with E-state index in [-0.39, 0.29) is 22.2 Å². The molecule has 3 nitrogen and oxygen atoms in total. The molecule has 11 atom stereocenters. The second-order valence-electron chi connectivity index (χ2n) is 14.6. The van der Waals surface area contributed by atoms with Gasteiger partial charge in [0.05, 0.1) is 11.5 Å². The molecular formula is C30H47FO3. The van der Waals surface area contributed by atoms with Gasteiger partial charge in [0.15, 0.2) is 0 Å². The lowest BCUT2D eigenvalue weighted by molar-refractivity contribution is -0.257. The van der Waals surface area contributed by atoms with Crippen molar-refractivity contribution in [2.45, 2.75) is 112 Å². The molecule has 4 heteroatoms. The Kier molecular flexibility index (Phi) is 5.34. The van der Waals surface area contributed by atoms with E-state index in [2.05, 4.69) is 48.1 Å². The van der Waals surface area contributed by atoms with Crippen molar-refractivity contribution in [1.82, 2.24) is 0 Å². The van der Waals surface area contributed by atoms with Crippen LogP contribution in [-0.4, -0.2) is 28.5 Å². The summed E-state index contributed by atoms with van der Waals surface area (Å²) < 4.78 is 15.3. The van der Waals surface area contributed by atoms with Crippen molar-refractivity contribution in [3.63, 3.8) is 0 Å². The van der Waals surface area contributed by atoms with Crippen LogP contribution in [0.5, 0.6) is 0 Å². The Labute approximate surface area is 206 Å². The van der Waals surface area contributed by atoms with Crippen LogP contribution < -0.4 is 0 Å². The van der Waals surface area contributed by atoms with Crippen molar-refractivity contribution in [2.24, 2.45) is 56.7 Å². The summed E-state index contributed by atoms with van der Waals surface area (Å²) in [7, 11) is 0. The van der Waals surface area contributed by atoms with E-state index in [1.54, 1.807) is 0 Å². The molecule has 5 fully saturated rings. The van der Waals surface area contributed by atoms with Crippen molar-refractivity contribution in [3.05, 3.63) is 12.2 Å². The minimum Gasteiger partial charge on any atom is -0.481 e. The van der Waals surface area contributed by atoms with Gasteiger partial charge < -0.3 is 10.2 Å². The fraction of sp³-hybridized carbons (Fsp3) is 0.900. The average molecular weight is 475 g/mol. The molecule has 0 heterocycles. The molecule has 0 aromatic carbocycles. The number of fused-ring (bicyclic) bond motifs is 7. The molecule has 34 heavy (non-hydrogen) atoms. The van der Waals surface area contributed by atoms with E-state index in [9.17, 15) is 15.0 Å². The monoisotopic (exact) mass is 474 g/mol. The van der Waals surface area contributed by atoms with Gasteiger partial charge in [-0.1, -0.05) is 46.8 Å². The van der Waals surface area contributed by atoms with Crippen LogP contribution in [0, 0.1) is 56.7 Å². The zero-order chi connectivity index (χ0) is 25.1. The predicted molar refractivity (Wildman–Crippen MR) is 133 cm³/mol. The number of halogens is 1. The van der Waals surface area contributed by atoms with Gasteiger partial charge in [0.1, 0.15) is 6.17 Å². The summed E-state index contributed by atoms with van der Waals surface area (Å²) in [6.07, 6.45) is 6.09. The quantitative estimate of drug-likeness (QED) is 0.422. The first-order valence-corrected chi connectivity index (χ1v) is 13.9. The Hall–Kier alpha value is -0.900. The molecular weight excluding hydrogens is 427 g/mol. The molecule has 1 unspecified atom stereocenters. The average Bonchev–Trinajstić information content (AvgIpc) is 3.14. The zero-order valence-corrected chi connectivity index (χ0v) is 22.3. The van der Waals surface area contributed by atoms with Gasteiger partial charge >= 0.3 is 5.97 Å². The van der Waals surface area contributed by atoms with Crippen LogP contribution in [0.2, 0.25) is 0 Å². The Bertz CT molecular complexity index is 897. The molecule has 5 saturated carbocycles. The molecule has 0 spiro atoms. The SMILES string of the molecule is C=C(C)[C@@H]1CC[C@]2(C(=O)O)CC[C@]3(C)[C@H](CC[C@@H]4[C@@]5(C)CC(F)[C@H](O)C(C)(C)[C@@H]5CC[C@]43C)[C@@H]12. The maximum Gasteiger partial charge on any atom is 0.309 e. The second kappa shape index (κ2) is 7.33. The van der Waals surface area contributed by atoms with Crippen LogP contribution in [0.4, 0.5) is 4.39 Å². The fourth-order valence-electron chi connectivity index (χ4n) is 11.6. The van der Waals surface area contributed by atoms with Crippen LogP contribution >= 0.6 is 0 Å². The van der Waals surface area contributed by atoms with Gasteiger partial charge in [-0.25, -0.2) is 4.39 Å². The van der Waals surface area contributed by atoms with Crippen molar-refractivity contribution in [1.29, 1.82) is 0 Å². The molecule has 5 aliphatic carbocycles. The maximum absolute atomic E-state index is 15.3. The van der Waals surface area contributed by atoms with Gasteiger partial charge in [0.25, 0.3) is 0 Å². The molecule has 0 bridgehead atoms. The van der Waals surface area contributed by atoms with Gasteiger partial charge in [-0.2, -0.15) is 0 Å². The number of rotatable bonds is 2. The summed E-state index contributed by atoms with van der Waals surface area (Å²) >= 11 is 0. The minimum absolute atomic E-state index is 0.0531. The summed E-state index contributed by atoms with van der Waals surface area (Å²) in [5, 5.41) is 21.3. The Morgan fingerprint density at radius 3 is 2.21 bits per heavy atom. The van der Waals surface area contributed by atoms with Gasteiger partial charge in [0.2, 0.25) is 0 Å². The second-order valence-corrected chi connectivity index (χ2v) is 14.6. The maximum atomic E-state index is 15.3. The van der Waals surface area contributed by atoms with Gasteiger partial charge in [-0.05, 0) is 116 Å². The highest BCUT2D eigenvalue weighted by molar-refractivity contribution is 5.76. The molecule has 0 aromatic rings. The normalized spacial score (nSPS) is 55.9. The van der Waals surface area contributed by atoms with Crippen molar-refractivity contribution < 1.29 is 19.4 Å². The molecule has 2 N–H and O–H groups in total. The molecule has 5 rings (SSSR count). The summed E-state index contributed by atoms with van der Waals surface area (Å²) in [5.41, 5.74) is 0.118. The third-order valence-electron chi connectivity index (χ3n) is 13.4. The first kappa shape index (κ1) is 24.8. The highest BCUT2D eigenvalue weighted by Crippen LogP contribution is 2.77. The van der Waals surface area contributed by atoms with E-state index >= 15 is 4.39 Å². The highest BCUT2D eigenvalue weighted by Gasteiger charge is 2.72. The number of carboxylic acid groups (broad SMARTS) is 1. The number of carboxylic acids is 1. The Morgan fingerprint density at radius 1 is 0.912 bits per heavy atom. The summed E-state index contributed by atoms with van der Waals surface area (Å²) in [6.45, 7) is 17.9. The lowest BCUT2D eigenvalue weighted by Gasteiger charge is -2.72. The number of aliphatic carboxylic acids is 1. The van der Waals surface area contributed by atoms with Crippen molar-refractivity contribution in [3.8, 4) is 0 Å². The summed E-state index contributed by atoms with van der Waals surface area (Å²) in [4.78, 5) is 12.7.